The number of rotatable bonds is 21. The summed E-state index contributed by atoms with van der Waals surface area (Å²) in [6.45, 7) is 2.22. The summed E-state index contributed by atoms with van der Waals surface area (Å²) in [7, 11) is 0. The number of nitrogens with zero attached hydrogens (tertiary/aromatic N) is 3. The standard InChI is InChI=1S/C20H37N3O7/c1-2-3-4-5-6-7-8-9-10-11-12-13-14-15-16-17-19(21(25)26)20(18-24,22(27)28)23(29)30/h18-19H,2-17H2,1H3. The van der Waals surface area contributed by atoms with Gasteiger partial charge >= 0.3 is 11.7 Å². The van der Waals surface area contributed by atoms with Crippen molar-refractivity contribution in [3.63, 3.8) is 0 Å². The highest BCUT2D eigenvalue weighted by Crippen LogP contribution is 2.23. The van der Waals surface area contributed by atoms with Crippen LogP contribution in [0.1, 0.15) is 110 Å². The van der Waals surface area contributed by atoms with E-state index in [0.29, 0.717) is 6.42 Å². The lowest BCUT2D eigenvalue weighted by Crippen LogP contribution is -2.60. The molecule has 0 amide bonds. The molecule has 0 aliphatic rings. The van der Waals surface area contributed by atoms with Crippen LogP contribution in [-0.2, 0) is 4.79 Å². The van der Waals surface area contributed by atoms with Crippen molar-refractivity contribution in [1.82, 2.24) is 0 Å². The van der Waals surface area contributed by atoms with E-state index in [1.165, 1.54) is 57.8 Å². The molecule has 0 aliphatic heterocycles. The van der Waals surface area contributed by atoms with Crippen LogP contribution in [0.15, 0.2) is 0 Å². The van der Waals surface area contributed by atoms with Gasteiger partial charge in [0.1, 0.15) is 9.85 Å². The maximum Gasteiger partial charge on any atom is 0.577 e. The molecule has 0 bridgehead atoms. The second kappa shape index (κ2) is 16.6. The first-order chi connectivity index (χ1) is 14.3. The Balaban J connectivity index is 3.93. The molecular weight excluding hydrogens is 394 g/mol. The van der Waals surface area contributed by atoms with Crippen molar-refractivity contribution < 1.29 is 19.6 Å². The van der Waals surface area contributed by atoms with E-state index in [0.717, 1.165) is 25.7 Å². The van der Waals surface area contributed by atoms with Gasteiger partial charge in [-0.1, -0.05) is 96.8 Å². The molecule has 0 aromatic rings. The maximum absolute atomic E-state index is 11.1. The molecule has 0 N–H and O–H groups in total. The molecule has 30 heavy (non-hydrogen) atoms. The van der Waals surface area contributed by atoms with Crippen molar-refractivity contribution in [3.8, 4) is 0 Å². The smallest absolute Gasteiger partial charge is 0.287 e. The fourth-order valence-electron chi connectivity index (χ4n) is 3.66. The third-order valence-electron chi connectivity index (χ3n) is 5.58. The molecule has 1 atom stereocenters. The fourth-order valence-corrected chi connectivity index (χ4v) is 3.66. The molecular formula is C20H37N3O7. The summed E-state index contributed by atoms with van der Waals surface area (Å²) in [5.74, 6) is 0. The highest BCUT2D eigenvalue weighted by atomic mass is 16.7. The Morgan fingerprint density at radius 1 is 0.667 bits per heavy atom. The van der Waals surface area contributed by atoms with Crippen LogP contribution >= 0.6 is 0 Å². The van der Waals surface area contributed by atoms with Gasteiger partial charge in [0, 0.05) is 11.3 Å². The third kappa shape index (κ3) is 10.1. The van der Waals surface area contributed by atoms with Crippen LogP contribution in [-0.4, -0.2) is 32.8 Å². The first-order valence-electron chi connectivity index (χ1n) is 11.2. The molecule has 10 nitrogen and oxygen atoms in total. The van der Waals surface area contributed by atoms with E-state index in [9.17, 15) is 35.1 Å². The van der Waals surface area contributed by atoms with E-state index in [2.05, 4.69) is 6.92 Å². The van der Waals surface area contributed by atoms with E-state index in [1.54, 1.807) is 0 Å². The highest BCUT2D eigenvalue weighted by Gasteiger charge is 2.70. The monoisotopic (exact) mass is 431 g/mol. The topological polar surface area (TPSA) is 146 Å². The van der Waals surface area contributed by atoms with Crippen LogP contribution in [0.5, 0.6) is 0 Å². The van der Waals surface area contributed by atoms with Crippen molar-refractivity contribution in [1.29, 1.82) is 0 Å². The number of carbonyl (C=O) groups is 1. The number of hydrogen-bond donors (Lipinski definition) is 0. The van der Waals surface area contributed by atoms with Crippen LogP contribution in [0.3, 0.4) is 0 Å². The van der Waals surface area contributed by atoms with Gasteiger partial charge in [0.2, 0.25) is 0 Å². The lowest BCUT2D eigenvalue weighted by atomic mass is 9.96. The normalized spacial score (nSPS) is 12.4. The summed E-state index contributed by atoms with van der Waals surface area (Å²) in [5.41, 5.74) is -3.42. The SMILES string of the molecule is CCCCCCCCCCCCCCCCCC([N+](=O)[O-])C(C=O)([N+](=O)[O-])[N+](=O)[O-]. The molecule has 0 rings (SSSR count). The zero-order valence-corrected chi connectivity index (χ0v) is 18.2. The third-order valence-corrected chi connectivity index (χ3v) is 5.58. The molecule has 0 fully saturated rings. The van der Waals surface area contributed by atoms with E-state index in [4.69, 9.17) is 0 Å². The molecule has 0 aromatic carbocycles. The minimum Gasteiger partial charge on any atom is -0.287 e. The minimum absolute atomic E-state index is 0.237. The lowest BCUT2D eigenvalue weighted by molar-refractivity contribution is -0.812. The van der Waals surface area contributed by atoms with Gasteiger partial charge in [-0.3, -0.25) is 35.1 Å². The molecule has 174 valence electrons. The van der Waals surface area contributed by atoms with Crippen LogP contribution in [0.2, 0.25) is 0 Å². The van der Waals surface area contributed by atoms with Gasteiger partial charge in [0.15, 0.2) is 0 Å². The zero-order chi connectivity index (χ0) is 22.8. The van der Waals surface area contributed by atoms with E-state index in [1.807, 2.05) is 0 Å². The van der Waals surface area contributed by atoms with E-state index < -0.39 is 32.8 Å². The summed E-state index contributed by atoms with van der Waals surface area (Å²) in [4.78, 5) is 40.2. The number of aldehydes is 1. The van der Waals surface area contributed by atoms with Gasteiger partial charge in [-0.05, 0) is 6.42 Å². The first-order valence-corrected chi connectivity index (χ1v) is 11.2. The van der Waals surface area contributed by atoms with Crippen molar-refractivity contribution >= 4 is 6.29 Å². The average Bonchev–Trinajstić information content (AvgIpc) is 2.69. The lowest BCUT2D eigenvalue weighted by Gasteiger charge is -2.15. The number of nitro groups is 3. The Morgan fingerprint density at radius 2 is 1.00 bits per heavy atom. The van der Waals surface area contributed by atoms with Crippen molar-refractivity contribution in [3.05, 3.63) is 30.3 Å². The van der Waals surface area contributed by atoms with E-state index in [-0.39, 0.29) is 12.8 Å². The Bertz CT molecular complexity index is 515. The number of carbonyl (C=O) groups excluding carboxylic acids is 1. The van der Waals surface area contributed by atoms with Crippen molar-refractivity contribution in [2.24, 2.45) is 0 Å². The molecule has 10 heteroatoms. The molecule has 0 aliphatic carbocycles. The van der Waals surface area contributed by atoms with Gasteiger partial charge in [-0.15, -0.1) is 0 Å². The van der Waals surface area contributed by atoms with Gasteiger partial charge in [-0.2, -0.15) is 0 Å². The Labute approximate surface area is 178 Å². The molecule has 0 saturated heterocycles. The summed E-state index contributed by atoms with van der Waals surface area (Å²) in [6, 6.07) is -2.16. The number of hydrogen-bond acceptors (Lipinski definition) is 7. The van der Waals surface area contributed by atoms with Crippen molar-refractivity contribution in [2.45, 2.75) is 121 Å². The quantitative estimate of drug-likeness (QED) is 0.0783. The Kier molecular flexibility index (Phi) is 15.5. The molecule has 0 spiro atoms. The largest absolute Gasteiger partial charge is 0.577 e. The first kappa shape index (κ1) is 27.9. The predicted octanol–water partition coefficient (Wildman–Crippen LogP) is 5.34. The van der Waals surface area contributed by atoms with Gasteiger partial charge in [0.05, 0.1) is 0 Å². The van der Waals surface area contributed by atoms with Gasteiger partial charge in [-0.25, -0.2) is 0 Å². The number of unbranched alkanes of at least 4 members (excludes halogenated alkanes) is 14. The minimum atomic E-state index is -3.42. The second-order valence-corrected chi connectivity index (χ2v) is 7.95. The van der Waals surface area contributed by atoms with Gasteiger partial charge < -0.3 is 0 Å². The molecule has 0 aromatic heterocycles. The van der Waals surface area contributed by atoms with Crippen LogP contribution in [0.4, 0.5) is 0 Å². The van der Waals surface area contributed by atoms with Crippen LogP contribution in [0, 0.1) is 30.3 Å². The molecule has 0 radical (unpaired) electrons. The molecule has 1 unspecified atom stereocenters. The highest BCUT2D eigenvalue weighted by molar-refractivity contribution is 5.60. The van der Waals surface area contributed by atoms with E-state index >= 15 is 0 Å². The predicted molar refractivity (Wildman–Crippen MR) is 113 cm³/mol. The Hall–Kier alpha value is -2.13. The zero-order valence-electron chi connectivity index (χ0n) is 18.2. The molecule has 0 saturated carbocycles. The van der Waals surface area contributed by atoms with Crippen LogP contribution in [0.25, 0.3) is 0 Å². The molecule has 0 heterocycles. The Morgan fingerprint density at radius 3 is 1.27 bits per heavy atom. The average molecular weight is 432 g/mol. The second-order valence-electron chi connectivity index (χ2n) is 7.95. The summed E-state index contributed by atoms with van der Waals surface area (Å²) >= 11 is 0. The van der Waals surface area contributed by atoms with Crippen LogP contribution < -0.4 is 0 Å². The summed E-state index contributed by atoms with van der Waals surface area (Å²) < 4.78 is 0. The summed E-state index contributed by atoms with van der Waals surface area (Å²) in [5, 5.41) is 33.2. The maximum atomic E-state index is 11.1. The fraction of sp³-hybridized carbons (Fsp3) is 0.950. The summed E-state index contributed by atoms with van der Waals surface area (Å²) in [6.07, 6.45) is 15.5. The van der Waals surface area contributed by atoms with Crippen molar-refractivity contribution in [2.75, 3.05) is 0 Å². The van der Waals surface area contributed by atoms with Gasteiger partial charge in [0.25, 0.3) is 6.29 Å².